The van der Waals surface area contributed by atoms with Crippen LogP contribution in [0.5, 0.6) is 0 Å². The van der Waals surface area contributed by atoms with Crippen LogP contribution in [0.1, 0.15) is 32.4 Å². The second kappa shape index (κ2) is 4.56. The molecule has 17 heavy (non-hydrogen) atoms. The quantitative estimate of drug-likeness (QED) is 0.787. The summed E-state index contributed by atoms with van der Waals surface area (Å²) in [5.41, 5.74) is 0.0130. The predicted molar refractivity (Wildman–Crippen MR) is 68.0 cm³/mol. The average Bonchev–Trinajstić information content (AvgIpc) is 2.82. The van der Waals surface area contributed by atoms with Gasteiger partial charge in [0.25, 0.3) is 0 Å². The summed E-state index contributed by atoms with van der Waals surface area (Å²) in [6.45, 7) is 6.34. The molecule has 0 aromatic carbocycles. The first-order valence-corrected chi connectivity index (χ1v) is 6.50. The molecule has 0 saturated carbocycles. The van der Waals surface area contributed by atoms with Gasteiger partial charge in [-0.25, -0.2) is 9.97 Å². The second-order valence-corrected chi connectivity index (χ2v) is 5.92. The maximum atomic E-state index is 5.72. The van der Waals surface area contributed by atoms with Gasteiger partial charge in [0.1, 0.15) is 5.76 Å². The Labute approximate surface area is 105 Å². The Morgan fingerprint density at radius 3 is 2.65 bits per heavy atom. The van der Waals surface area contributed by atoms with Crippen LogP contribution in [0.3, 0.4) is 0 Å². The first kappa shape index (κ1) is 12.2. The maximum absolute atomic E-state index is 5.72. The molecule has 0 spiro atoms. The molecule has 0 bridgehead atoms. The van der Waals surface area contributed by atoms with Gasteiger partial charge in [0.15, 0.2) is 5.16 Å². The van der Waals surface area contributed by atoms with Crippen molar-refractivity contribution < 1.29 is 4.42 Å². The van der Waals surface area contributed by atoms with E-state index in [1.54, 1.807) is 18.0 Å². The smallest absolute Gasteiger partial charge is 0.204 e. The summed E-state index contributed by atoms with van der Waals surface area (Å²) in [7, 11) is 1.98. The lowest BCUT2D eigenvalue weighted by molar-refractivity contribution is 0.390. The summed E-state index contributed by atoms with van der Waals surface area (Å²) >= 11 is 1.63. The third-order valence-corrected chi connectivity index (χ3v) is 3.44. The molecule has 0 aliphatic carbocycles. The van der Waals surface area contributed by atoms with Crippen LogP contribution in [-0.2, 0) is 18.2 Å². The zero-order chi connectivity index (χ0) is 12.5. The summed E-state index contributed by atoms with van der Waals surface area (Å²) < 4.78 is 7.70. The van der Waals surface area contributed by atoms with E-state index in [9.17, 15) is 0 Å². The summed E-state index contributed by atoms with van der Waals surface area (Å²) in [5.74, 6) is 2.39. The third kappa shape index (κ3) is 2.91. The highest BCUT2D eigenvalue weighted by Crippen LogP contribution is 2.25. The molecule has 5 heteroatoms. The fraction of sp³-hybridized carbons (Fsp3) is 0.500. The topological polar surface area (TPSA) is 43.9 Å². The van der Waals surface area contributed by atoms with E-state index in [-0.39, 0.29) is 5.41 Å². The van der Waals surface area contributed by atoms with E-state index < -0.39 is 0 Å². The van der Waals surface area contributed by atoms with Crippen molar-refractivity contribution in [1.29, 1.82) is 0 Å². The van der Waals surface area contributed by atoms with Gasteiger partial charge in [-0.05, 0) is 0 Å². The first-order chi connectivity index (χ1) is 7.97. The Morgan fingerprint density at radius 1 is 1.35 bits per heavy atom. The first-order valence-electron chi connectivity index (χ1n) is 5.52. The molecule has 2 rings (SSSR count). The van der Waals surface area contributed by atoms with Crippen molar-refractivity contribution in [2.45, 2.75) is 37.1 Å². The molecule has 0 aliphatic rings. The zero-order valence-corrected chi connectivity index (χ0v) is 11.4. The van der Waals surface area contributed by atoms with Gasteiger partial charge in [-0.1, -0.05) is 32.5 Å². The van der Waals surface area contributed by atoms with E-state index in [0.29, 0.717) is 5.75 Å². The highest BCUT2D eigenvalue weighted by molar-refractivity contribution is 7.98. The van der Waals surface area contributed by atoms with Crippen LogP contribution in [-0.4, -0.2) is 14.5 Å². The minimum Gasteiger partial charge on any atom is -0.444 e. The number of nitrogens with zero attached hydrogens (tertiary/aromatic N) is 3. The van der Waals surface area contributed by atoms with Crippen molar-refractivity contribution in [3.05, 3.63) is 30.2 Å². The number of aryl methyl sites for hydroxylation is 1. The molecule has 4 nitrogen and oxygen atoms in total. The molecule has 0 atom stereocenters. The Balaban J connectivity index is 2.01. The largest absolute Gasteiger partial charge is 0.444 e. The van der Waals surface area contributed by atoms with E-state index in [0.717, 1.165) is 16.8 Å². The van der Waals surface area contributed by atoms with Crippen LogP contribution in [0, 0.1) is 0 Å². The van der Waals surface area contributed by atoms with Crippen LogP contribution in [0.25, 0.3) is 0 Å². The molecule has 0 fully saturated rings. The molecule has 0 aliphatic heterocycles. The highest BCUT2D eigenvalue weighted by atomic mass is 32.2. The molecular weight excluding hydrogens is 234 g/mol. The zero-order valence-electron chi connectivity index (χ0n) is 10.6. The van der Waals surface area contributed by atoms with E-state index in [1.165, 1.54) is 0 Å². The lowest BCUT2D eigenvalue weighted by atomic mass is 9.94. The van der Waals surface area contributed by atoms with Crippen LogP contribution < -0.4 is 0 Å². The number of imidazole rings is 1. The Morgan fingerprint density at radius 2 is 2.12 bits per heavy atom. The van der Waals surface area contributed by atoms with Gasteiger partial charge in [-0.15, -0.1) is 0 Å². The fourth-order valence-electron chi connectivity index (χ4n) is 1.34. The van der Waals surface area contributed by atoms with Gasteiger partial charge in [-0.2, -0.15) is 0 Å². The van der Waals surface area contributed by atoms with Gasteiger partial charge in [0.2, 0.25) is 5.89 Å². The summed E-state index contributed by atoms with van der Waals surface area (Å²) in [6.07, 6.45) is 5.53. The Hall–Kier alpha value is -1.23. The lowest BCUT2D eigenvalue weighted by Gasteiger charge is -2.12. The van der Waals surface area contributed by atoms with Gasteiger partial charge in [0.05, 0.1) is 11.9 Å². The monoisotopic (exact) mass is 251 g/mol. The molecule has 2 aromatic rings. The number of rotatable bonds is 3. The molecule has 2 heterocycles. The van der Waals surface area contributed by atoms with Gasteiger partial charge < -0.3 is 8.98 Å². The molecule has 0 saturated heterocycles. The van der Waals surface area contributed by atoms with Crippen molar-refractivity contribution in [3.8, 4) is 0 Å². The van der Waals surface area contributed by atoms with Crippen molar-refractivity contribution in [2.75, 3.05) is 0 Å². The van der Waals surface area contributed by atoms with Crippen LogP contribution in [0.2, 0.25) is 0 Å². The fourth-order valence-corrected chi connectivity index (χ4v) is 2.13. The minimum absolute atomic E-state index is 0.0130. The molecule has 0 radical (unpaired) electrons. The Kier molecular flexibility index (Phi) is 3.28. The van der Waals surface area contributed by atoms with E-state index >= 15 is 0 Å². The van der Waals surface area contributed by atoms with Gasteiger partial charge >= 0.3 is 0 Å². The average molecular weight is 251 g/mol. The number of aromatic nitrogens is 3. The van der Waals surface area contributed by atoms with E-state index in [4.69, 9.17) is 4.42 Å². The third-order valence-electron chi connectivity index (χ3n) is 2.39. The second-order valence-electron chi connectivity index (χ2n) is 4.98. The normalized spacial score (nSPS) is 12.0. The lowest BCUT2D eigenvalue weighted by Crippen LogP contribution is -2.09. The molecule has 0 N–H and O–H groups in total. The maximum Gasteiger partial charge on any atom is 0.204 e. The number of hydrogen-bond donors (Lipinski definition) is 0. The summed E-state index contributed by atoms with van der Waals surface area (Å²) in [6, 6.07) is 0. The van der Waals surface area contributed by atoms with Crippen molar-refractivity contribution in [2.24, 2.45) is 7.05 Å². The van der Waals surface area contributed by atoms with Crippen molar-refractivity contribution >= 4 is 11.8 Å². The highest BCUT2D eigenvalue weighted by Gasteiger charge is 2.19. The van der Waals surface area contributed by atoms with Crippen LogP contribution in [0.15, 0.2) is 28.2 Å². The standard InChI is InChI=1S/C12H17N3OS/c1-12(2,3)9-7-14-10(16-9)8-17-11-13-5-6-15(11)4/h5-7H,8H2,1-4H3. The van der Waals surface area contributed by atoms with Crippen LogP contribution in [0.4, 0.5) is 0 Å². The molecule has 0 amide bonds. The van der Waals surface area contributed by atoms with Gasteiger partial charge in [0, 0.05) is 24.9 Å². The van der Waals surface area contributed by atoms with Crippen molar-refractivity contribution in [3.63, 3.8) is 0 Å². The molecular formula is C12H17N3OS. The van der Waals surface area contributed by atoms with Crippen molar-refractivity contribution in [1.82, 2.24) is 14.5 Å². The molecule has 2 aromatic heterocycles. The number of oxazole rings is 1. The number of hydrogen-bond acceptors (Lipinski definition) is 4. The number of thioether (sulfide) groups is 1. The summed E-state index contributed by atoms with van der Waals surface area (Å²) in [4.78, 5) is 8.53. The Bertz CT molecular complexity index is 496. The minimum atomic E-state index is 0.0130. The predicted octanol–water partition coefficient (Wildman–Crippen LogP) is 3.00. The molecule has 92 valence electrons. The van der Waals surface area contributed by atoms with Gasteiger partial charge in [-0.3, -0.25) is 0 Å². The summed E-state index contributed by atoms with van der Waals surface area (Å²) in [5, 5.41) is 0.973. The van der Waals surface area contributed by atoms with E-state index in [1.807, 2.05) is 24.0 Å². The molecule has 0 unspecified atom stereocenters. The van der Waals surface area contributed by atoms with Crippen LogP contribution >= 0.6 is 11.8 Å². The van der Waals surface area contributed by atoms with E-state index in [2.05, 4.69) is 30.7 Å². The SMILES string of the molecule is Cn1ccnc1SCc1ncc(C(C)(C)C)o1.